The van der Waals surface area contributed by atoms with Gasteiger partial charge in [0, 0.05) is 11.4 Å². The van der Waals surface area contributed by atoms with E-state index in [0.717, 1.165) is 6.42 Å². The number of hydrogen-bond acceptors (Lipinski definition) is 3. The van der Waals surface area contributed by atoms with Gasteiger partial charge in [-0.3, -0.25) is 4.79 Å². The molecule has 1 amide bonds. The molecule has 0 radical (unpaired) electrons. The fourth-order valence-corrected chi connectivity index (χ4v) is 1.78. The van der Waals surface area contributed by atoms with Crippen LogP contribution in [0.3, 0.4) is 0 Å². The summed E-state index contributed by atoms with van der Waals surface area (Å²) in [7, 11) is 0. The van der Waals surface area contributed by atoms with Gasteiger partial charge in [-0.25, -0.2) is 0 Å². The molecule has 1 aliphatic rings. The van der Waals surface area contributed by atoms with Crippen molar-refractivity contribution in [3.05, 3.63) is 24.3 Å². The van der Waals surface area contributed by atoms with Crippen molar-refractivity contribution in [3.63, 3.8) is 0 Å². The summed E-state index contributed by atoms with van der Waals surface area (Å²) in [6, 6.07) is 7.36. The van der Waals surface area contributed by atoms with E-state index in [4.69, 9.17) is 9.47 Å². The average Bonchev–Trinajstić information content (AvgIpc) is 2.43. The first-order valence-electron chi connectivity index (χ1n) is 6.01. The third kappa shape index (κ3) is 3.16. The van der Waals surface area contributed by atoms with Crippen LogP contribution in [0, 0.1) is 0 Å². The van der Waals surface area contributed by atoms with Gasteiger partial charge in [-0.1, -0.05) is 35.0 Å². The SMILES string of the molecule is CCC(Br)CNC(=O)C1COc2ccccc2O1. The lowest BCUT2D eigenvalue weighted by atomic mass is 10.2. The second-order valence-corrected chi connectivity index (χ2v) is 5.41. The first-order chi connectivity index (χ1) is 8.70. The van der Waals surface area contributed by atoms with Gasteiger partial charge in [-0.05, 0) is 18.6 Å². The summed E-state index contributed by atoms with van der Waals surface area (Å²) in [5.74, 6) is 1.17. The Labute approximate surface area is 115 Å². The summed E-state index contributed by atoms with van der Waals surface area (Å²) in [5, 5.41) is 2.84. The predicted octanol–water partition coefficient (Wildman–Crippen LogP) is 2.12. The van der Waals surface area contributed by atoms with Crippen LogP contribution in [0.15, 0.2) is 24.3 Å². The maximum atomic E-state index is 11.9. The Morgan fingerprint density at radius 1 is 1.50 bits per heavy atom. The summed E-state index contributed by atoms with van der Waals surface area (Å²) < 4.78 is 11.1. The minimum Gasteiger partial charge on any atom is -0.485 e. The molecule has 0 bridgehead atoms. The van der Waals surface area contributed by atoms with Gasteiger partial charge in [0.1, 0.15) is 6.61 Å². The highest BCUT2D eigenvalue weighted by Gasteiger charge is 2.27. The molecular formula is C13H16BrNO3. The van der Waals surface area contributed by atoms with Crippen LogP contribution in [0.25, 0.3) is 0 Å². The van der Waals surface area contributed by atoms with E-state index in [1.165, 1.54) is 0 Å². The van der Waals surface area contributed by atoms with Crippen molar-refractivity contribution in [2.24, 2.45) is 0 Å². The Morgan fingerprint density at radius 3 is 2.94 bits per heavy atom. The highest BCUT2D eigenvalue weighted by atomic mass is 79.9. The van der Waals surface area contributed by atoms with Crippen molar-refractivity contribution in [3.8, 4) is 11.5 Å². The quantitative estimate of drug-likeness (QED) is 0.866. The molecule has 1 aromatic rings. The monoisotopic (exact) mass is 313 g/mol. The van der Waals surface area contributed by atoms with E-state index in [1.54, 1.807) is 6.07 Å². The van der Waals surface area contributed by atoms with Gasteiger partial charge in [0.15, 0.2) is 11.5 Å². The smallest absolute Gasteiger partial charge is 0.264 e. The molecule has 18 heavy (non-hydrogen) atoms. The number of benzene rings is 1. The lowest BCUT2D eigenvalue weighted by Gasteiger charge is -2.25. The number of halogens is 1. The van der Waals surface area contributed by atoms with E-state index in [1.807, 2.05) is 18.2 Å². The van der Waals surface area contributed by atoms with E-state index in [9.17, 15) is 4.79 Å². The number of nitrogens with one attached hydrogen (secondary N) is 1. The zero-order valence-electron chi connectivity index (χ0n) is 10.2. The third-order valence-electron chi connectivity index (χ3n) is 2.74. The van der Waals surface area contributed by atoms with Crippen LogP contribution in [-0.4, -0.2) is 30.0 Å². The highest BCUT2D eigenvalue weighted by molar-refractivity contribution is 9.09. The Hall–Kier alpha value is -1.23. The molecule has 0 saturated heterocycles. The number of alkyl halides is 1. The minimum absolute atomic E-state index is 0.137. The van der Waals surface area contributed by atoms with Crippen molar-refractivity contribution in [1.82, 2.24) is 5.32 Å². The van der Waals surface area contributed by atoms with Gasteiger partial charge in [0.2, 0.25) is 6.10 Å². The van der Waals surface area contributed by atoms with E-state index in [2.05, 4.69) is 28.2 Å². The molecule has 0 spiro atoms. The molecule has 1 N–H and O–H groups in total. The Morgan fingerprint density at radius 2 is 2.22 bits per heavy atom. The van der Waals surface area contributed by atoms with Crippen molar-refractivity contribution >= 4 is 21.8 Å². The van der Waals surface area contributed by atoms with Gasteiger partial charge >= 0.3 is 0 Å². The van der Waals surface area contributed by atoms with E-state index in [-0.39, 0.29) is 12.5 Å². The number of para-hydroxylation sites is 2. The summed E-state index contributed by atoms with van der Waals surface area (Å²) in [6.07, 6.45) is 0.391. The number of carbonyl (C=O) groups excluding carboxylic acids is 1. The van der Waals surface area contributed by atoms with Crippen molar-refractivity contribution in [2.45, 2.75) is 24.3 Å². The molecule has 1 heterocycles. The summed E-state index contributed by atoms with van der Waals surface area (Å²) in [4.78, 5) is 12.2. The van der Waals surface area contributed by atoms with Crippen LogP contribution in [-0.2, 0) is 4.79 Å². The standard InChI is InChI=1S/C13H16BrNO3/c1-2-9(14)7-15-13(16)12-8-17-10-5-3-4-6-11(10)18-12/h3-6,9,12H,2,7-8H2,1H3,(H,15,16). The number of amides is 1. The largest absolute Gasteiger partial charge is 0.485 e. The summed E-state index contributed by atoms with van der Waals surface area (Å²) >= 11 is 3.47. The van der Waals surface area contributed by atoms with Crippen LogP contribution < -0.4 is 14.8 Å². The highest BCUT2D eigenvalue weighted by Crippen LogP contribution is 2.30. The van der Waals surface area contributed by atoms with Gasteiger partial charge in [-0.15, -0.1) is 0 Å². The zero-order valence-corrected chi connectivity index (χ0v) is 11.8. The van der Waals surface area contributed by atoms with Crippen LogP contribution in [0.4, 0.5) is 0 Å². The molecule has 0 saturated carbocycles. The predicted molar refractivity (Wildman–Crippen MR) is 72.4 cm³/mol. The number of rotatable bonds is 4. The van der Waals surface area contributed by atoms with Crippen LogP contribution >= 0.6 is 15.9 Å². The van der Waals surface area contributed by atoms with Gasteiger partial charge in [-0.2, -0.15) is 0 Å². The summed E-state index contributed by atoms with van der Waals surface area (Å²) in [5.41, 5.74) is 0. The van der Waals surface area contributed by atoms with Crippen molar-refractivity contribution < 1.29 is 14.3 Å². The first-order valence-corrected chi connectivity index (χ1v) is 6.92. The molecule has 1 aromatic carbocycles. The number of hydrogen-bond donors (Lipinski definition) is 1. The molecule has 2 unspecified atom stereocenters. The lowest BCUT2D eigenvalue weighted by Crippen LogP contribution is -2.45. The molecule has 0 fully saturated rings. The molecule has 1 aliphatic heterocycles. The van der Waals surface area contributed by atoms with Crippen LogP contribution in [0.5, 0.6) is 11.5 Å². The molecule has 98 valence electrons. The van der Waals surface area contributed by atoms with E-state index >= 15 is 0 Å². The third-order valence-corrected chi connectivity index (χ3v) is 3.71. The van der Waals surface area contributed by atoms with Crippen LogP contribution in [0.1, 0.15) is 13.3 Å². The maximum Gasteiger partial charge on any atom is 0.264 e. The van der Waals surface area contributed by atoms with Crippen molar-refractivity contribution in [2.75, 3.05) is 13.2 Å². The maximum absolute atomic E-state index is 11.9. The molecule has 0 aliphatic carbocycles. The second kappa shape index (κ2) is 6.09. The summed E-state index contributed by atoms with van der Waals surface area (Å²) in [6.45, 7) is 2.90. The Balaban J connectivity index is 1.90. The van der Waals surface area contributed by atoms with E-state index in [0.29, 0.717) is 22.9 Å². The lowest BCUT2D eigenvalue weighted by molar-refractivity contribution is -0.130. The van der Waals surface area contributed by atoms with Gasteiger partial charge in [0.25, 0.3) is 5.91 Å². The molecule has 5 heteroatoms. The topological polar surface area (TPSA) is 47.6 Å². The number of ether oxygens (including phenoxy) is 2. The molecule has 4 nitrogen and oxygen atoms in total. The zero-order chi connectivity index (χ0) is 13.0. The average molecular weight is 314 g/mol. The molecule has 2 atom stereocenters. The molecular weight excluding hydrogens is 298 g/mol. The van der Waals surface area contributed by atoms with Crippen molar-refractivity contribution in [1.29, 1.82) is 0 Å². The van der Waals surface area contributed by atoms with Gasteiger partial charge < -0.3 is 14.8 Å². The van der Waals surface area contributed by atoms with E-state index < -0.39 is 6.10 Å². The molecule has 2 rings (SSSR count). The second-order valence-electron chi connectivity index (χ2n) is 4.11. The van der Waals surface area contributed by atoms with Gasteiger partial charge in [0.05, 0.1) is 0 Å². The Kier molecular flexibility index (Phi) is 4.47. The Bertz CT molecular complexity index is 424. The first kappa shape index (κ1) is 13.2. The van der Waals surface area contributed by atoms with Crippen LogP contribution in [0.2, 0.25) is 0 Å². The number of carbonyl (C=O) groups is 1. The normalized spacial score (nSPS) is 19.1. The minimum atomic E-state index is -0.573. The fourth-order valence-electron chi connectivity index (χ4n) is 1.62. The fraction of sp³-hybridized carbons (Fsp3) is 0.462. The molecule has 0 aromatic heterocycles. The number of fused-ring (bicyclic) bond motifs is 1.